The summed E-state index contributed by atoms with van der Waals surface area (Å²) in [7, 11) is 1.12. The number of aliphatic hydroxyl groups is 10. The molecule has 4 fully saturated rings. The van der Waals surface area contributed by atoms with Crippen LogP contribution in [0.5, 0.6) is 0 Å². The van der Waals surface area contributed by atoms with Crippen LogP contribution < -0.4 is 5.32 Å². The Kier molecular flexibility index (Phi) is 17.2. The summed E-state index contributed by atoms with van der Waals surface area (Å²) >= 11 is 0. The van der Waals surface area contributed by atoms with Gasteiger partial charge in [-0.3, -0.25) is 9.59 Å². The van der Waals surface area contributed by atoms with Crippen molar-refractivity contribution in [2.24, 2.45) is 0 Å². The molecular formula is C31H53NO22. The van der Waals surface area contributed by atoms with Crippen LogP contribution in [0.1, 0.15) is 20.3 Å². The maximum absolute atomic E-state index is 12.2. The van der Waals surface area contributed by atoms with Crippen LogP contribution in [0.3, 0.4) is 0 Å². The second-order valence-electron chi connectivity index (χ2n) is 13.0. The fourth-order valence-electron chi connectivity index (χ4n) is 6.48. The standard InChI is InChI=1S/C31H53NO22/c1-4-12(36)11(32-5-2)8-46-27-19(40)16(37)15(9-47-27)51-29-22(43)25(17(38)13(6-33)49-29)52-30-23(44)26(18(39)14(7-34)50-30)53-31-21(42)24(45-3)20(41)28(54-31)48-10-35/h10-11,13-34,37-44H,4-9H2,1-3H3/t11?,13?,14?,15-,16?,17+,18+,19+,20+,21+,22+,23+,24?,25?,26?,27-,28?,29+,30+,31-/m1/s1. The monoisotopic (exact) mass is 791 g/mol. The van der Waals surface area contributed by atoms with Crippen molar-refractivity contribution in [3.8, 4) is 0 Å². The first-order valence-corrected chi connectivity index (χ1v) is 17.5. The summed E-state index contributed by atoms with van der Waals surface area (Å²) in [5, 5.41) is 110. The zero-order chi connectivity index (χ0) is 39.9. The number of aliphatic hydroxyl groups excluding tert-OH is 10. The van der Waals surface area contributed by atoms with Crippen LogP contribution >= 0.6 is 0 Å². The molecule has 4 heterocycles. The van der Waals surface area contributed by atoms with Gasteiger partial charge in [0.15, 0.2) is 30.9 Å². The molecule has 23 heteroatoms. The van der Waals surface area contributed by atoms with Gasteiger partial charge >= 0.3 is 0 Å². The van der Waals surface area contributed by atoms with Gasteiger partial charge in [-0.2, -0.15) is 0 Å². The van der Waals surface area contributed by atoms with Gasteiger partial charge in [-0.25, -0.2) is 0 Å². The minimum Gasteiger partial charge on any atom is -0.435 e. The van der Waals surface area contributed by atoms with Crippen molar-refractivity contribution < 1.29 is 108 Å². The predicted octanol–water partition coefficient (Wildman–Crippen LogP) is -7.34. The summed E-state index contributed by atoms with van der Waals surface area (Å²) in [4.78, 5) is 23.2. The summed E-state index contributed by atoms with van der Waals surface area (Å²) < 4.78 is 54.3. The van der Waals surface area contributed by atoms with Crippen molar-refractivity contribution in [2.45, 2.75) is 143 Å². The maximum Gasteiger partial charge on any atom is 0.295 e. The number of nitrogens with one attached hydrogen (secondary N) is 1. The summed E-state index contributed by atoms with van der Waals surface area (Å²) in [5.74, 6) is -0.140. The van der Waals surface area contributed by atoms with E-state index in [0.29, 0.717) is 6.54 Å². The fourth-order valence-corrected chi connectivity index (χ4v) is 6.48. The third-order valence-electron chi connectivity index (χ3n) is 9.55. The lowest BCUT2D eigenvalue weighted by molar-refractivity contribution is -0.394. The van der Waals surface area contributed by atoms with Gasteiger partial charge in [0.05, 0.1) is 32.5 Å². The molecule has 11 N–H and O–H groups in total. The Bertz CT molecular complexity index is 1160. The number of rotatable bonds is 18. The van der Waals surface area contributed by atoms with Gasteiger partial charge in [0.1, 0.15) is 85.5 Å². The van der Waals surface area contributed by atoms with Crippen molar-refractivity contribution in [3.05, 3.63) is 0 Å². The van der Waals surface area contributed by atoms with Crippen LogP contribution in [0.15, 0.2) is 0 Å². The first kappa shape index (κ1) is 45.0. The molecule has 0 saturated carbocycles. The lowest BCUT2D eigenvalue weighted by atomic mass is 9.96. The highest BCUT2D eigenvalue weighted by atomic mass is 16.8. The first-order chi connectivity index (χ1) is 25.8. The molecule has 0 spiro atoms. The Hall–Kier alpha value is -1.66. The number of hydrogen-bond acceptors (Lipinski definition) is 23. The van der Waals surface area contributed by atoms with Crippen LogP contribution in [-0.2, 0) is 57.0 Å². The number of methoxy groups -OCH3 is 1. The average Bonchev–Trinajstić information content (AvgIpc) is 3.16. The van der Waals surface area contributed by atoms with Gasteiger partial charge in [-0.15, -0.1) is 0 Å². The van der Waals surface area contributed by atoms with E-state index < -0.39 is 143 Å². The molecule has 0 aromatic carbocycles. The van der Waals surface area contributed by atoms with E-state index in [-0.39, 0.29) is 25.3 Å². The SMILES string of the molecule is CCNC(CO[C@@H]1OC[C@@H](O[C@@H]2OC(CO)[C@H](O)C(O[C@@H]3OC(CO)[C@H](O)C(O[C@@H]4OC(OC=O)[C@@H](O)C(OC)[C@@H]4O)[C@@H]3O)[C@@H]2O)C(O)[C@@H]1O)C(=O)CC. The maximum atomic E-state index is 12.2. The van der Waals surface area contributed by atoms with E-state index in [1.165, 1.54) is 0 Å². The smallest absolute Gasteiger partial charge is 0.295 e. The Morgan fingerprint density at radius 3 is 1.72 bits per heavy atom. The highest BCUT2D eigenvalue weighted by molar-refractivity contribution is 5.83. The van der Waals surface area contributed by atoms with Gasteiger partial charge in [0.2, 0.25) is 6.29 Å². The molecule has 4 rings (SSSR count). The molecule has 0 aromatic heterocycles. The Morgan fingerprint density at radius 2 is 1.22 bits per heavy atom. The fraction of sp³-hybridized carbons (Fsp3) is 0.935. The molecular weight excluding hydrogens is 738 g/mol. The van der Waals surface area contributed by atoms with Gasteiger partial charge in [0, 0.05) is 13.5 Å². The zero-order valence-electron chi connectivity index (χ0n) is 29.7. The molecule has 0 aromatic rings. The van der Waals surface area contributed by atoms with E-state index in [1.807, 2.05) is 0 Å². The van der Waals surface area contributed by atoms with E-state index >= 15 is 0 Å². The molecule has 0 bridgehead atoms. The van der Waals surface area contributed by atoms with E-state index in [1.54, 1.807) is 13.8 Å². The van der Waals surface area contributed by atoms with E-state index in [4.69, 9.17) is 42.6 Å². The lowest BCUT2D eigenvalue weighted by Gasteiger charge is -2.48. The largest absolute Gasteiger partial charge is 0.435 e. The third-order valence-corrected chi connectivity index (χ3v) is 9.55. The number of likely N-dealkylation sites (N-methyl/N-ethyl adjacent to an activating group) is 1. The van der Waals surface area contributed by atoms with Crippen molar-refractivity contribution in [1.82, 2.24) is 5.32 Å². The van der Waals surface area contributed by atoms with Crippen LogP contribution in [0.4, 0.5) is 0 Å². The number of ketones is 1. The van der Waals surface area contributed by atoms with Crippen LogP contribution in [0, 0.1) is 0 Å². The molecule has 4 saturated heterocycles. The number of carbonyl (C=O) groups is 2. The highest BCUT2D eigenvalue weighted by Crippen LogP contribution is 2.34. The number of Topliss-reactive ketones (excluding diaryl/α,β-unsaturated/α-hetero) is 1. The quantitative estimate of drug-likeness (QED) is 0.0574. The van der Waals surface area contributed by atoms with Gasteiger partial charge < -0.3 is 104 Å². The molecule has 0 amide bonds. The second kappa shape index (κ2) is 20.7. The van der Waals surface area contributed by atoms with Crippen molar-refractivity contribution in [2.75, 3.05) is 40.1 Å². The number of ether oxygens (including phenoxy) is 10. The zero-order valence-corrected chi connectivity index (χ0v) is 29.7. The third kappa shape index (κ3) is 10.1. The van der Waals surface area contributed by atoms with E-state index in [9.17, 15) is 60.7 Å². The van der Waals surface area contributed by atoms with Crippen LogP contribution in [0.2, 0.25) is 0 Å². The highest BCUT2D eigenvalue weighted by Gasteiger charge is 2.55. The summed E-state index contributed by atoms with van der Waals surface area (Å²) in [6, 6.07) is -0.685. The number of carbonyl (C=O) groups excluding carboxylic acids is 2. The molecule has 0 radical (unpaired) electrons. The Labute approximate surface area is 309 Å². The first-order valence-electron chi connectivity index (χ1n) is 17.5. The normalized spacial score (nSPS) is 45.1. The molecule has 0 aliphatic carbocycles. The summed E-state index contributed by atoms with van der Waals surface area (Å²) in [6.07, 6.45) is -32.4. The van der Waals surface area contributed by atoms with Gasteiger partial charge in [-0.1, -0.05) is 13.8 Å². The number of hydrogen-bond donors (Lipinski definition) is 11. The van der Waals surface area contributed by atoms with Crippen LogP contribution in [0.25, 0.3) is 0 Å². The molecule has 20 atom stereocenters. The minimum atomic E-state index is -2.04. The summed E-state index contributed by atoms with van der Waals surface area (Å²) in [5.41, 5.74) is 0. The van der Waals surface area contributed by atoms with Crippen molar-refractivity contribution in [3.63, 3.8) is 0 Å². The molecule has 23 nitrogen and oxygen atoms in total. The molecule has 4 aliphatic rings. The van der Waals surface area contributed by atoms with E-state index in [2.05, 4.69) is 10.1 Å². The lowest BCUT2D eigenvalue weighted by Crippen LogP contribution is -2.67. The average molecular weight is 792 g/mol. The van der Waals surface area contributed by atoms with Gasteiger partial charge in [0.25, 0.3) is 6.47 Å². The predicted molar refractivity (Wildman–Crippen MR) is 169 cm³/mol. The van der Waals surface area contributed by atoms with Crippen molar-refractivity contribution in [1.29, 1.82) is 0 Å². The summed E-state index contributed by atoms with van der Waals surface area (Å²) in [6.45, 7) is 1.56. The van der Waals surface area contributed by atoms with Crippen molar-refractivity contribution >= 4 is 12.3 Å². The Morgan fingerprint density at radius 1 is 0.704 bits per heavy atom. The van der Waals surface area contributed by atoms with Gasteiger partial charge in [-0.05, 0) is 6.54 Å². The minimum absolute atomic E-state index is 0.0461. The Balaban J connectivity index is 1.45. The van der Waals surface area contributed by atoms with E-state index in [0.717, 1.165) is 7.11 Å². The molecule has 8 unspecified atom stereocenters. The molecule has 54 heavy (non-hydrogen) atoms. The van der Waals surface area contributed by atoms with Crippen LogP contribution in [-0.4, -0.2) is 226 Å². The topological polar surface area (TPSA) is 341 Å². The molecule has 4 aliphatic heterocycles. The second-order valence-corrected chi connectivity index (χ2v) is 13.0. The molecule has 314 valence electrons.